The van der Waals surface area contributed by atoms with Gasteiger partial charge >= 0.3 is 0 Å². The smallest absolute Gasteiger partial charge is 0.248 e. The van der Waals surface area contributed by atoms with Gasteiger partial charge in [0.05, 0.1) is 5.04 Å². The highest BCUT2D eigenvalue weighted by Gasteiger charge is 2.20. The van der Waals surface area contributed by atoms with Crippen molar-refractivity contribution >= 4 is 50.3 Å². The fourth-order valence-electron chi connectivity index (χ4n) is 4.44. The van der Waals surface area contributed by atoms with Crippen molar-refractivity contribution in [1.82, 2.24) is 10.2 Å². The van der Waals surface area contributed by atoms with Crippen molar-refractivity contribution in [1.29, 1.82) is 5.41 Å². The zero-order chi connectivity index (χ0) is 22.8. The van der Waals surface area contributed by atoms with Gasteiger partial charge in [-0.15, -0.1) is 10.2 Å². The SMILES string of the molecule is N=C(CCCCc1nnc(NC(=O)CC2CCCC2)s1)SC(N)=NC(=O)CC1CCCC1. The van der Waals surface area contributed by atoms with Gasteiger partial charge in [-0.2, -0.15) is 4.99 Å². The van der Waals surface area contributed by atoms with Crippen molar-refractivity contribution in [3.63, 3.8) is 0 Å². The predicted octanol–water partition coefficient (Wildman–Crippen LogP) is 4.90. The summed E-state index contributed by atoms with van der Waals surface area (Å²) >= 11 is 2.49. The third-order valence-electron chi connectivity index (χ3n) is 6.11. The Labute approximate surface area is 198 Å². The lowest BCUT2D eigenvalue weighted by molar-refractivity contribution is -0.119. The number of anilines is 1. The highest BCUT2D eigenvalue weighted by atomic mass is 32.2. The van der Waals surface area contributed by atoms with Crippen LogP contribution in [-0.2, 0) is 16.0 Å². The van der Waals surface area contributed by atoms with Gasteiger partial charge in [0.1, 0.15) is 5.01 Å². The summed E-state index contributed by atoms with van der Waals surface area (Å²) in [5.41, 5.74) is 5.84. The van der Waals surface area contributed by atoms with Gasteiger partial charge in [-0.05, 0) is 68.5 Å². The van der Waals surface area contributed by atoms with Crippen molar-refractivity contribution in [3.05, 3.63) is 5.01 Å². The monoisotopic (exact) mass is 478 g/mol. The first kappa shape index (κ1) is 24.8. The van der Waals surface area contributed by atoms with Crippen LogP contribution in [0.5, 0.6) is 0 Å². The van der Waals surface area contributed by atoms with E-state index in [2.05, 4.69) is 20.5 Å². The zero-order valence-corrected chi connectivity index (χ0v) is 20.2. The van der Waals surface area contributed by atoms with E-state index in [4.69, 9.17) is 11.1 Å². The molecular weight excluding hydrogens is 444 g/mol. The number of aromatic nitrogens is 2. The summed E-state index contributed by atoms with van der Waals surface area (Å²) in [7, 11) is 0. The number of carbonyl (C=O) groups excluding carboxylic acids is 2. The van der Waals surface area contributed by atoms with E-state index in [1.807, 2.05) is 0 Å². The Balaban J connectivity index is 1.28. The van der Waals surface area contributed by atoms with Crippen molar-refractivity contribution in [3.8, 4) is 0 Å². The van der Waals surface area contributed by atoms with Gasteiger partial charge in [-0.25, -0.2) is 0 Å². The maximum absolute atomic E-state index is 12.1. The number of amidine groups is 1. The van der Waals surface area contributed by atoms with E-state index < -0.39 is 0 Å². The Morgan fingerprint density at radius 2 is 1.72 bits per heavy atom. The van der Waals surface area contributed by atoms with Crippen LogP contribution in [0.1, 0.15) is 88.5 Å². The molecule has 2 amide bonds. The number of rotatable bonds is 10. The van der Waals surface area contributed by atoms with E-state index in [0.29, 0.717) is 41.3 Å². The van der Waals surface area contributed by atoms with Gasteiger partial charge in [0.2, 0.25) is 16.9 Å². The molecule has 0 aliphatic heterocycles. The van der Waals surface area contributed by atoms with Crippen LogP contribution in [0, 0.1) is 17.2 Å². The van der Waals surface area contributed by atoms with E-state index in [0.717, 1.165) is 61.7 Å². The van der Waals surface area contributed by atoms with Crippen LogP contribution in [0.4, 0.5) is 5.13 Å². The predicted molar refractivity (Wildman–Crippen MR) is 131 cm³/mol. The summed E-state index contributed by atoms with van der Waals surface area (Å²) in [6, 6.07) is 0. The standard InChI is InChI=1S/C22H34N6O2S2/c23-17(31-21(24)25-18(29)13-15-7-1-2-8-15)11-5-6-12-20-27-28-22(32-20)26-19(30)14-16-9-3-4-10-16/h15-16,23H,1-14H2,(H2,24,25,29)(H,26,28,30). The number of aliphatic imine (C=N–C) groups is 1. The zero-order valence-electron chi connectivity index (χ0n) is 18.6. The Morgan fingerprint density at radius 1 is 1.06 bits per heavy atom. The molecule has 0 spiro atoms. The first-order chi connectivity index (χ1) is 15.5. The summed E-state index contributed by atoms with van der Waals surface area (Å²) < 4.78 is 0. The molecule has 2 aliphatic rings. The lowest BCUT2D eigenvalue weighted by atomic mass is 10.0. The Kier molecular flexibility index (Phi) is 10.1. The maximum Gasteiger partial charge on any atom is 0.248 e. The van der Waals surface area contributed by atoms with Gasteiger partial charge in [0, 0.05) is 19.3 Å². The topological polar surface area (TPSA) is 134 Å². The van der Waals surface area contributed by atoms with E-state index in [9.17, 15) is 9.59 Å². The Hall–Kier alpha value is -1.81. The molecule has 32 heavy (non-hydrogen) atoms. The molecule has 4 N–H and O–H groups in total. The first-order valence-corrected chi connectivity index (χ1v) is 13.4. The lowest BCUT2D eigenvalue weighted by Crippen LogP contribution is -2.14. The molecule has 0 bridgehead atoms. The number of hydrogen-bond acceptors (Lipinski definition) is 7. The summed E-state index contributed by atoms with van der Waals surface area (Å²) in [4.78, 5) is 28.0. The molecule has 2 saturated carbocycles. The van der Waals surface area contributed by atoms with E-state index in [1.165, 1.54) is 37.0 Å². The van der Waals surface area contributed by atoms with E-state index in [1.54, 1.807) is 0 Å². The second kappa shape index (κ2) is 13.0. The summed E-state index contributed by atoms with van der Waals surface area (Å²) in [5, 5.41) is 21.2. The Bertz CT molecular complexity index is 813. The molecule has 1 aromatic heterocycles. The molecule has 1 aromatic rings. The number of unbranched alkanes of at least 4 members (excludes halogenated alkanes) is 1. The van der Waals surface area contributed by atoms with Crippen LogP contribution in [-0.4, -0.2) is 32.2 Å². The molecule has 2 aliphatic carbocycles. The Morgan fingerprint density at radius 3 is 2.41 bits per heavy atom. The van der Waals surface area contributed by atoms with Gasteiger partial charge in [-0.1, -0.05) is 37.0 Å². The molecule has 0 unspecified atom stereocenters. The number of amides is 2. The number of thioether (sulfide) groups is 1. The second-order valence-corrected chi connectivity index (χ2v) is 11.0. The molecule has 10 heteroatoms. The number of nitrogens with zero attached hydrogens (tertiary/aromatic N) is 3. The number of aryl methyl sites for hydroxylation is 1. The minimum absolute atomic E-state index is 0.0334. The highest BCUT2D eigenvalue weighted by molar-refractivity contribution is 8.26. The van der Waals surface area contributed by atoms with Crippen LogP contribution in [0.25, 0.3) is 0 Å². The van der Waals surface area contributed by atoms with Gasteiger partial charge < -0.3 is 11.1 Å². The fraction of sp³-hybridized carbons (Fsp3) is 0.727. The second-order valence-electron chi connectivity index (χ2n) is 8.83. The number of nitrogens with one attached hydrogen (secondary N) is 2. The summed E-state index contributed by atoms with van der Waals surface area (Å²) in [5.74, 6) is 0.827. The van der Waals surface area contributed by atoms with Crippen molar-refractivity contribution < 1.29 is 9.59 Å². The largest absolute Gasteiger partial charge is 0.378 e. The van der Waals surface area contributed by atoms with Crippen LogP contribution in [0.15, 0.2) is 4.99 Å². The minimum atomic E-state index is -0.169. The van der Waals surface area contributed by atoms with Gasteiger partial charge in [-0.3, -0.25) is 15.0 Å². The maximum atomic E-state index is 12.1. The average molecular weight is 479 g/mol. The normalized spacial score (nSPS) is 17.7. The quantitative estimate of drug-likeness (QED) is 0.249. The minimum Gasteiger partial charge on any atom is -0.378 e. The van der Waals surface area contributed by atoms with Crippen LogP contribution in [0.2, 0.25) is 0 Å². The third-order valence-corrected chi connectivity index (χ3v) is 7.76. The molecule has 0 aromatic carbocycles. The van der Waals surface area contributed by atoms with Crippen molar-refractivity contribution in [2.45, 2.75) is 89.9 Å². The van der Waals surface area contributed by atoms with Gasteiger partial charge in [0.15, 0.2) is 5.17 Å². The number of carbonyl (C=O) groups is 2. The van der Waals surface area contributed by atoms with Crippen molar-refractivity contribution in [2.75, 3.05) is 5.32 Å². The molecule has 0 atom stereocenters. The molecule has 1 heterocycles. The van der Waals surface area contributed by atoms with Crippen LogP contribution >= 0.6 is 23.1 Å². The molecule has 0 saturated heterocycles. The van der Waals surface area contributed by atoms with Crippen molar-refractivity contribution in [2.24, 2.45) is 22.6 Å². The number of nitrogens with two attached hydrogens (primary N) is 1. The lowest BCUT2D eigenvalue weighted by Gasteiger charge is -2.07. The molecule has 176 valence electrons. The van der Waals surface area contributed by atoms with Crippen LogP contribution in [0.3, 0.4) is 0 Å². The summed E-state index contributed by atoms with van der Waals surface area (Å²) in [6.07, 6.45) is 13.4. The average Bonchev–Trinajstić information content (AvgIpc) is 3.49. The van der Waals surface area contributed by atoms with E-state index >= 15 is 0 Å². The first-order valence-electron chi connectivity index (χ1n) is 11.7. The van der Waals surface area contributed by atoms with Crippen LogP contribution < -0.4 is 11.1 Å². The fourth-order valence-corrected chi connectivity index (χ4v) is 5.89. The molecule has 0 radical (unpaired) electrons. The molecule has 3 rings (SSSR count). The van der Waals surface area contributed by atoms with Gasteiger partial charge in [0.25, 0.3) is 0 Å². The molecular formula is C22H34N6O2S2. The van der Waals surface area contributed by atoms with E-state index in [-0.39, 0.29) is 17.0 Å². The summed E-state index contributed by atoms with van der Waals surface area (Å²) in [6.45, 7) is 0. The number of hydrogen-bond donors (Lipinski definition) is 3. The molecule has 2 fully saturated rings. The third kappa shape index (κ3) is 8.97. The highest BCUT2D eigenvalue weighted by Crippen LogP contribution is 2.29. The molecule has 8 nitrogen and oxygen atoms in total.